The second-order valence-corrected chi connectivity index (χ2v) is 4.39. The number of halogens is 1. The average Bonchev–Trinajstić information content (AvgIpc) is 2.26. The highest BCUT2D eigenvalue weighted by Gasteiger charge is 2.10. The minimum absolute atomic E-state index is 0.575. The number of hydrogen-bond donors (Lipinski definition) is 0. The molecule has 0 N–H and O–H groups in total. The molecule has 0 spiro atoms. The standard InChI is InChI=1S/C13H20ClN/c1-5-11(3)15(4)13-7-6-12(9-14)8-10(13)2/h6-8,11H,5,9H2,1-4H3. The highest BCUT2D eigenvalue weighted by atomic mass is 35.5. The number of hydrogen-bond acceptors (Lipinski definition) is 1. The molecule has 1 aromatic carbocycles. The summed E-state index contributed by atoms with van der Waals surface area (Å²) in [7, 11) is 2.15. The van der Waals surface area contributed by atoms with Gasteiger partial charge in [-0.3, -0.25) is 0 Å². The summed E-state index contributed by atoms with van der Waals surface area (Å²) < 4.78 is 0. The van der Waals surface area contributed by atoms with E-state index in [0.717, 1.165) is 6.42 Å². The molecule has 1 rings (SSSR count). The van der Waals surface area contributed by atoms with E-state index in [9.17, 15) is 0 Å². The van der Waals surface area contributed by atoms with E-state index in [1.165, 1.54) is 16.8 Å². The molecule has 0 saturated carbocycles. The molecule has 1 aromatic rings. The number of rotatable bonds is 4. The molecule has 0 aromatic heterocycles. The van der Waals surface area contributed by atoms with Crippen LogP contribution in [0.4, 0.5) is 5.69 Å². The van der Waals surface area contributed by atoms with Crippen molar-refractivity contribution < 1.29 is 0 Å². The topological polar surface area (TPSA) is 3.24 Å². The van der Waals surface area contributed by atoms with Gasteiger partial charge < -0.3 is 4.90 Å². The number of alkyl halides is 1. The Hall–Kier alpha value is -0.690. The molecule has 84 valence electrons. The SMILES string of the molecule is CCC(C)N(C)c1ccc(CCl)cc1C. The first-order valence-electron chi connectivity index (χ1n) is 5.48. The third-order valence-corrected chi connectivity index (χ3v) is 3.36. The van der Waals surface area contributed by atoms with E-state index >= 15 is 0 Å². The first-order valence-corrected chi connectivity index (χ1v) is 6.02. The third kappa shape index (κ3) is 2.88. The maximum atomic E-state index is 5.81. The summed E-state index contributed by atoms with van der Waals surface area (Å²) in [5.41, 5.74) is 3.80. The zero-order chi connectivity index (χ0) is 11.4. The molecule has 0 heterocycles. The van der Waals surface area contributed by atoms with Crippen molar-refractivity contribution in [3.63, 3.8) is 0 Å². The van der Waals surface area contributed by atoms with Crippen molar-refractivity contribution in [2.24, 2.45) is 0 Å². The summed E-state index contributed by atoms with van der Waals surface area (Å²) in [5.74, 6) is 0.591. The summed E-state index contributed by atoms with van der Waals surface area (Å²) in [6.07, 6.45) is 1.16. The lowest BCUT2D eigenvalue weighted by Crippen LogP contribution is -2.28. The molecule has 1 atom stereocenters. The van der Waals surface area contributed by atoms with Gasteiger partial charge in [-0.2, -0.15) is 0 Å². The van der Waals surface area contributed by atoms with Crippen LogP contribution < -0.4 is 4.90 Å². The lowest BCUT2D eigenvalue weighted by Gasteiger charge is -2.27. The van der Waals surface area contributed by atoms with Crippen molar-refractivity contribution in [3.8, 4) is 0 Å². The Morgan fingerprint density at radius 2 is 2.07 bits per heavy atom. The second-order valence-electron chi connectivity index (χ2n) is 4.12. The van der Waals surface area contributed by atoms with Gasteiger partial charge in [-0.05, 0) is 37.5 Å². The average molecular weight is 226 g/mol. The summed E-state index contributed by atoms with van der Waals surface area (Å²) in [4.78, 5) is 2.33. The Balaban J connectivity index is 2.95. The van der Waals surface area contributed by atoms with Crippen molar-refractivity contribution in [2.45, 2.75) is 39.1 Å². The lowest BCUT2D eigenvalue weighted by molar-refractivity contribution is 0.662. The van der Waals surface area contributed by atoms with E-state index < -0.39 is 0 Å². The molecule has 0 radical (unpaired) electrons. The Morgan fingerprint density at radius 1 is 1.40 bits per heavy atom. The molecule has 1 nitrogen and oxygen atoms in total. The minimum atomic E-state index is 0.575. The van der Waals surface area contributed by atoms with Crippen LogP contribution in [0.1, 0.15) is 31.4 Å². The van der Waals surface area contributed by atoms with E-state index in [2.05, 4.69) is 50.9 Å². The maximum absolute atomic E-state index is 5.81. The molecule has 0 fully saturated rings. The Morgan fingerprint density at radius 3 is 2.53 bits per heavy atom. The second kappa shape index (κ2) is 5.41. The van der Waals surface area contributed by atoms with Crippen LogP contribution in [0.15, 0.2) is 18.2 Å². The number of nitrogens with zero attached hydrogens (tertiary/aromatic N) is 1. The van der Waals surface area contributed by atoms with Crippen LogP contribution in [-0.4, -0.2) is 13.1 Å². The van der Waals surface area contributed by atoms with Crippen molar-refractivity contribution in [1.29, 1.82) is 0 Å². The summed E-state index contributed by atoms with van der Waals surface area (Å²) in [6, 6.07) is 7.01. The first-order chi connectivity index (χ1) is 7.10. The van der Waals surface area contributed by atoms with Gasteiger partial charge in [0.2, 0.25) is 0 Å². The van der Waals surface area contributed by atoms with Crippen molar-refractivity contribution >= 4 is 17.3 Å². The molecular formula is C13H20ClN. The van der Waals surface area contributed by atoms with Crippen molar-refractivity contribution in [3.05, 3.63) is 29.3 Å². The largest absolute Gasteiger partial charge is 0.372 e. The van der Waals surface area contributed by atoms with Gasteiger partial charge >= 0.3 is 0 Å². The van der Waals surface area contributed by atoms with Gasteiger partial charge in [0.05, 0.1) is 0 Å². The molecule has 0 aliphatic rings. The zero-order valence-corrected chi connectivity index (χ0v) is 10.8. The van der Waals surface area contributed by atoms with Gasteiger partial charge in [0, 0.05) is 24.7 Å². The summed E-state index contributed by atoms with van der Waals surface area (Å²) in [6.45, 7) is 6.60. The first kappa shape index (κ1) is 12.4. The van der Waals surface area contributed by atoms with Crippen LogP contribution in [0, 0.1) is 6.92 Å². The van der Waals surface area contributed by atoms with E-state index in [-0.39, 0.29) is 0 Å². The molecular weight excluding hydrogens is 206 g/mol. The smallest absolute Gasteiger partial charge is 0.0474 e. The number of anilines is 1. The number of benzene rings is 1. The molecule has 0 saturated heterocycles. The molecule has 15 heavy (non-hydrogen) atoms. The molecule has 0 bridgehead atoms. The molecule has 1 unspecified atom stereocenters. The number of aryl methyl sites for hydroxylation is 1. The van der Waals surface area contributed by atoms with Gasteiger partial charge in [0.15, 0.2) is 0 Å². The van der Waals surface area contributed by atoms with Crippen LogP contribution >= 0.6 is 11.6 Å². The minimum Gasteiger partial charge on any atom is -0.372 e. The monoisotopic (exact) mass is 225 g/mol. The maximum Gasteiger partial charge on any atom is 0.0474 e. The molecule has 0 amide bonds. The van der Waals surface area contributed by atoms with E-state index in [0.29, 0.717) is 11.9 Å². The predicted octanol–water partition coefficient (Wildman–Crippen LogP) is 3.97. The van der Waals surface area contributed by atoms with Crippen LogP contribution in [0.25, 0.3) is 0 Å². The summed E-state index contributed by atoms with van der Waals surface area (Å²) >= 11 is 5.81. The van der Waals surface area contributed by atoms with Crippen molar-refractivity contribution in [1.82, 2.24) is 0 Å². The van der Waals surface area contributed by atoms with E-state index in [4.69, 9.17) is 11.6 Å². The third-order valence-electron chi connectivity index (χ3n) is 3.05. The fourth-order valence-corrected chi connectivity index (χ4v) is 1.87. The molecule has 0 aliphatic carbocycles. The van der Waals surface area contributed by atoms with Crippen molar-refractivity contribution in [2.75, 3.05) is 11.9 Å². The normalized spacial score (nSPS) is 12.6. The molecule has 2 heteroatoms. The van der Waals surface area contributed by atoms with Crippen LogP contribution in [0.2, 0.25) is 0 Å². The van der Waals surface area contributed by atoms with Gasteiger partial charge in [0.25, 0.3) is 0 Å². The quantitative estimate of drug-likeness (QED) is 0.701. The van der Waals surface area contributed by atoms with Gasteiger partial charge in [0.1, 0.15) is 0 Å². The predicted molar refractivity (Wildman–Crippen MR) is 68.9 cm³/mol. The lowest BCUT2D eigenvalue weighted by atomic mass is 10.1. The molecule has 0 aliphatic heterocycles. The van der Waals surface area contributed by atoms with Crippen LogP contribution in [0.3, 0.4) is 0 Å². The fourth-order valence-electron chi connectivity index (χ4n) is 1.71. The van der Waals surface area contributed by atoms with Gasteiger partial charge in [-0.15, -0.1) is 11.6 Å². The highest BCUT2D eigenvalue weighted by molar-refractivity contribution is 6.17. The zero-order valence-electron chi connectivity index (χ0n) is 10.0. The van der Waals surface area contributed by atoms with Crippen LogP contribution in [-0.2, 0) is 5.88 Å². The van der Waals surface area contributed by atoms with Crippen LogP contribution in [0.5, 0.6) is 0 Å². The highest BCUT2D eigenvalue weighted by Crippen LogP contribution is 2.23. The fraction of sp³-hybridized carbons (Fsp3) is 0.538. The Labute approximate surface area is 98.0 Å². The Kier molecular flexibility index (Phi) is 4.46. The summed E-state index contributed by atoms with van der Waals surface area (Å²) in [5, 5.41) is 0. The van der Waals surface area contributed by atoms with Gasteiger partial charge in [-0.1, -0.05) is 19.1 Å². The van der Waals surface area contributed by atoms with E-state index in [1.54, 1.807) is 0 Å². The Bertz CT molecular complexity index is 322. The van der Waals surface area contributed by atoms with E-state index in [1.807, 2.05) is 0 Å². The van der Waals surface area contributed by atoms with Gasteiger partial charge in [-0.25, -0.2) is 0 Å².